The molecule has 0 radical (unpaired) electrons. The Balaban J connectivity index is 3.02. The van der Waals surface area contributed by atoms with Gasteiger partial charge in [0.25, 0.3) is 0 Å². The van der Waals surface area contributed by atoms with Crippen molar-refractivity contribution in [2.75, 3.05) is 0 Å². The van der Waals surface area contributed by atoms with Crippen LogP contribution in [0.3, 0.4) is 0 Å². The van der Waals surface area contributed by atoms with Gasteiger partial charge in [0.2, 0.25) is 0 Å². The van der Waals surface area contributed by atoms with Gasteiger partial charge in [-0.25, -0.2) is 0 Å². The third kappa shape index (κ3) is 3.32. The van der Waals surface area contributed by atoms with Crippen LogP contribution in [0, 0.1) is 0 Å². The summed E-state index contributed by atoms with van der Waals surface area (Å²) in [6.45, 7) is 12.4. The molecule has 3 nitrogen and oxygen atoms in total. The van der Waals surface area contributed by atoms with E-state index in [-0.39, 0.29) is 31.9 Å². The van der Waals surface area contributed by atoms with E-state index in [0.717, 1.165) is 4.73 Å². The summed E-state index contributed by atoms with van der Waals surface area (Å²) < 4.78 is 1.01. The van der Waals surface area contributed by atoms with Gasteiger partial charge in [0.1, 0.15) is 0 Å². The Kier molecular flexibility index (Phi) is 3.32. The van der Waals surface area contributed by atoms with E-state index < -0.39 is 0 Å². The summed E-state index contributed by atoms with van der Waals surface area (Å²) in [5.74, 6) is 0.227. The fourth-order valence-electron chi connectivity index (χ4n) is 1.39. The van der Waals surface area contributed by atoms with E-state index >= 15 is 0 Å². The van der Waals surface area contributed by atoms with Gasteiger partial charge in [-0.1, -0.05) is 0 Å². The molecule has 15 heavy (non-hydrogen) atoms. The average Bonchev–Trinajstić information content (AvgIpc) is 2.25. The topological polar surface area (TPSA) is 32.7 Å². The fraction of sp³-hybridized carbons (Fsp3) is 0.818. The van der Waals surface area contributed by atoms with Gasteiger partial charge in [-0.2, -0.15) is 0 Å². The van der Waals surface area contributed by atoms with Gasteiger partial charge in [0, 0.05) is 0 Å². The van der Waals surface area contributed by atoms with E-state index in [4.69, 9.17) is 0 Å². The zero-order valence-corrected chi connectivity index (χ0v) is 12.1. The van der Waals surface area contributed by atoms with Gasteiger partial charge < -0.3 is 0 Å². The van der Waals surface area contributed by atoms with Crippen molar-refractivity contribution in [1.29, 1.82) is 0 Å². The molecule has 1 rings (SSSR count). The average molecular weight is 275 g/mol. The van der Waals surface area contributed by atoms with Gasteiger partial charge in [-0.15, -0.1) is 0 Å². The first-order chi connectivity index (χ1) is 6.61. The quantitative estimate of drug-likeness (QED) is 0.621. The van der Waals surface area contributed by atoms with E-state index in [1.54, 1.807) is 0 Å². The molecule has 1 saturated heterocycles. The summed E-state index contributed by atoms with van der Waals surface area (Å²) in [6.07, 6.45) is 0. The van der Waals surface area contributed by atoms with Crippen molar-refractivity contribution in [1.82, 2.24) is 4.90 Å². The molecule has 0 bridgehead atoms. The Hall–Kier alpha value is -0.341. The molecule has 0 unspecified atom stereocenters. The third-order valence-corrected chi connectivity index (χ3v) is 3.80. The molecule has 0 aliphatic carbocycles. The van der Waals surface area contributed by atoms with Crippen LogP contribution < -0.4 is 0 Å². The molecule has 1 aliphatic heterocycles. The molecular weight excluding hydrogens is 255 g/mol. The number of aliphatic imine (C=N–C) groups is 1. The van der Waals surface area contributed by atoms with Gasteiger partial charge in [-0.05, 0) is 0 Å². The summed E-state index contributed by atoms with van der Waals surface area (Å²) in [5.41, 5.74) is -0.232. The first-order valence-corrected chi connectivity index (χ1v) is 7.24. The Morgan fingerprint density at radius 2 is 1.73 bits per heavy atom. The molecule has 0 spiro atoms. The number of carbonyl (C=O) groups is 1. The molecule has 1 heterocycles. The van der Waals surface area contributed by atoms with Crippen molar-refractivity contribution in [3.05, 3.63) is 0 Å². The van der Waals surface area contributed by atoms with Crippen LogP contribution in [0.4, 0.5) is 0 Å². The van der Waals surface area contributed by atoms with Gasteiger partial charge >= 0.3 is 98.2 Å². The van der Waals surface area contributed by atoms with Crippen molar-refractivity contribution in [3.8, 4) is 0 Å². The second kappa shape index (κ2) is 3.91. The van der Waals surface area contributed by atoms with Crippen LogP contribution in [-0.4, -0.2) is 41.6 Å². The fourth-order valence-corrected chi connectivity index (χ4v) is 3.96. The van der Waals surface area contributed by atoms with Crippen LogP contribution in [-0.2, 0) is 4.79 Å². The van der Waals surface area contributed by atoms with Crippen LogP contribution in [0.1, 0.15) is 41.5 Å². The molecule has 1 amide bonds. The first-order valence-electron chi connectivity index (χ1n) is 5.17. The molecule has 0 atom stereocenters. The molecule has 0 aromatic carbocycles. The van der Waals surface area contributed by atoms with Crippen LogP contribution in [0.15, 0.2) is 4.99 Å². The SMILES string of the molecule is CC(C)(C)/N=C1\[Se]CC(=O)N1C(C)(C)C. The van der Waals surface area contributed by atoms with Crippen LogP contribution in [0.25, 0.3) is 0 Å². The van der Waals surface area contributed by atoms with Crippen molar-refractivity contribution in [3.63, 3.8) is 0 Å². The number of rotatable bonds is 0. The second-order valence-corrected chi connectivity index (χ2v) is 7.73. The first kappa shape index (κ1) is 12.7. The summed E-state index contributed by atoms with van der Waals surface area (Å²) in [4.78, 5) is 18.3. The summed E-state index contributed by atoms with van der Waals surface area (Å²) >= 11 is 0.220. The molecular formula is C11H20N2OSe. The van der Waals surface area contributed by atoms with Crippen molar-refractivity contribution < 1.29 is 4.79 Å². The Bertz CT molecular complexity index is 297. The van der Waals surface area contributed by atoms with Crippen LogP contribution in [0.5, 0.6) is 0 Å². The van der Waals surface area contributed by atoms with Gasteiger partial charge in [0.05, 0.1) is 0 Å². The van der Waals surface area contributed by atoms with E-state index in [1.165, 1.54) is 0 Å². The minimum atomic E-state index is -0.139. The minimum absolute atomic E-state index is 0.0921. The number of carbonyl (C=O) groups excluding carboxylic acids is 1. The molecule has 0 aromatic heterocycles. The zero-order valence-electron chi connectivity index (χ0n) is 10.4. The molecule has 1 fully saturated rings. The number of amides is 1. The number of nitrogens with zero attached hydrogens (tertiary/aromatic N) is 2. The molecule has 4 heteroatoms. The predicted molar refractivity (Wildman–Crippen MR) is 64.3 cm³/mol. The van der Waals surface area contributed by atoms with E-state index in [2.05, 4.69) is 46.5 Å². The van der Waals surface area contributed by atoms with Crippen LogP contribution in [0.2, 0.25) is 5.32 Å². The maximum absolute atomic E-state index is 11.8. The molecule has 0 aromatic rings. The Labute approximate surface area is 98.5 Å². The van der Waals surface area contributed by atoms with Crippen LogP contribution >= 0.6 is 0 Å². The molecule has 1 aliphatic rings. The number of hydrogen-bond donors (Lipinski definition) is 0. The van der Waals surface area contributed by atoms with E-state index in [9.17, 15) is 4.79 Å². The maximum atomic E-state index is 11.8. The third-order valence-electron chi connectivity index (χ3n) is 1.87. The monoisotopic (exact) mass is 276 g/mol. The molecule has 0 N–H and O–H groups in total. The summed E-state index contributed by atoms with van der Waals surface area (Å²) in [5, 5.41) is 0.666. The number of amidine groups is 1. The van der Waals surface area contributed by atoms with Crippen molar-refractivity contribution in [2.45, 2.75) is 57.9 Å². The van der Waals surface area contributed by atoms with Crippen molar-refractivity contribution >= 4 is 25.6 Å². The Morgan fingerprint density at radius 3 is 2.13 bits per heavy atom. The predicted octanol–water partition coefficient (Wildman–Crippen LogP) is 1.90. The summed E-state index contributed by atoms with van der Waals surface area (Å²) in [7, 11) is 0. The van der Waals surface area contributed by atoms with Gasteiger partial charge in [0.15, 0.2) is 0 Å². The van der Waals surface area contributed by atoms with Gasteiger partial charge in [-0.3, -0.25) is 0 Å². The zero-order chi connectivity index (χ0) is 11.9. The Morgan fingerprint density at radius 1 is 1.20 bits per heavy atom. The second-order valence-electron chi connectivity index (χ2n) is 5.75. The van der Waals surface area contributed by atoms with E-state index in [0.29, 0.717) is 5.32 Å². The van der Waals surface area contributed by atoms with Crippen molar-refractivity contribution in [2.24, 2.45) is 4.99 Å². The van der Waals surface area contributed by atoms with E-state index in [1.807, 2.05) is 4.90 Å². The molecule has 0 saturated carbocycles. The standard InChI is InChI=1S/C11H20N2OSe/c1-10(2,3)12-9-13(11(4,5)6)8(14)7-15-9/h7H2,1-6H3/b12-9-. The molecule has 86 valence electrons. The number of hydrogen-bond acceptors (Lipinski definition) is 2. The normalized spacial score (nSPS) is 21.6. The summed E-state index contributed by atoms with van der Waals surface area (Å²) in [6, 6.07) is 0.